The molecule has 0 aliphatic heterocycles. The van der Waals surface area contributed by atoms with Crippen LogP contribution in [0.1, 0.15) is 0 Å². The predicted molar refractivity (Wildman–Crippen MR) is 118 cm³/mol. The van der Waals surface area contributed by atoms with Crippen molar-refractivity contribution in [2.24, 2.45) is 0 Å². The number of carbonyl (C=O) groups excluding carboxylic acids is 1. The lowest BCUT2D eigenvalue weighted by Crippen LogP contribution is -2.37. The van der Waals surface area contributed by atoms with E-state index in [0.29, 0.717) is 15.1 Å². The van der Waals surface area contributed by atoms with E-state index in [1.807, 2.05) is 0 Å². The van der Waals surface area contributed by atoms with E-state index in [-0.39, 0.29) is 15.8 Å². The lowest BCUT2D eigenvalue weighted by atomic mass is 10.2. The minimum atomic E-state index is -3.78. The summed E-state index contributed by atoms with van der Waals surface area (Å²) in [6.45, 7) is -0.490. The standard InChI is InChI=1S/C17H13Cl3N4O3S2/c1-29(26,27)24(14-7-6-12(19)8-13(14)20)9-15(25)21-17-23-22-16(28-17)10-2-4-11(18)5-3-10/h2-8H,9H2,1H3,(H,21,23,25). The zero-order chi connectivity index (χ0) is 21.2. The number of aromatic nitrogens is 2. The average Bonchev–Trinajstić information content (AvgIpc) is 3.08. The minimum Gasteiger partial charge on any atom is -0.299 e. The average molecular weight is 492 g/mol. The van der Waals surface area contributed by atoms with Gasteiger partial charge in [0, 0.05) is 15.6 Å². The fourth-order valence-electron chi connectivity index (χ4n) is 2.34. The first kappa shape index (κ1) is 21.8. The lowest BCUT2D eigenvalue weighted by molar-refractivity contribution is -0.114. The number of amides is 1. The summed E-state index contributed by atoms with van der Waals surface area (Å²) in [4.78, 5) is 12.4. The van der Waals surface area contributed by atoms with Gasteiger partial charge >= 0.3 is 0 Å². The van der Waals surface area contributed by atoms with Gasteiger partial charge in [-0.15, -0.1) is 10.2 Å². The smallest absolute Gasteiger partial charge is 0.246 e. The molecule has 0 aliphatic carbocycles. The number of nitrogens with zero attached hydrogens (tertiary/aromatic N) is 3. The Hall–Kier alpha value is -1.91. The van der Waals surface area contributed by atoms with Crippen LogP contribution in [-0.2, 0) is 14.8 Å². The summed E-state index contributed by atoms with van der Waals surface area (Å²) < 4.78 is 25.3. The second kappa shape index (κ2) is 8.85. The molecule has 3 aromatic rings. The van der Waals surface area contributed by atoms with Gasteiger partial charge in [-0.3, -0.25) is 14.4 Å². The van der Waals surface area contributed by atoms with Crippen LogP contribution in [0.2, 0.25) is 15.1 Å². The fourth-order valence-corrected chi connectivity index (χ4v) is 4.66. The van der Waals surface area contributed by atoms with Crippen LogP contribution in [0.4, 0.5) is 10.8 Å². The fraction of sp³-hybridized carbons (Fsp3) is 0.118. The number of hydrogen-bond acceptors (Lipinski definition) is 6. The Morgan fingerprint density at radius 3 is 2.34 bits per heavy atom. The number of hydrogen-bond donors (Lipinski definition) is 1. The Kier molecular flexibility index (Phi) is 6.65. The molecule has 0 bridgehead atoms. The van der Waals surface area contributed by atoms with E-state index in [0.717, 1.165) is 27.5 Å². The summed E-state index contributed by atoms with van der Waals surface area (Å²) in [5.41, 5.74) is 0.936. The second-order valence-corrected chi connectivity index (χ2v) is 10.00. The van der Waals surface area contributed by atoms with E-state index in [9.17, 15) is 13.2 Å². The van der Waals surface area contributed by atoms with Crippen LogP contribution in [0, 0.1) is 0 Å². The Morgan fingerprint density at radius 1 is 1.07 bits per heavy atom. The van der Waals surface area contributed by atoms with Crippen molar-refractivity contribution < 1.29 is 13.2 Å². The third-order valence-corrected chi connectivity index (χ3v) is 6.43. The van der Waals surface area contributed by atoms with Crippen molar-refractivity contribution in [2.75, 3.05) is 22.4 Å². The molecule has 1 aromatic heterocycles. The van der Waals surface area contributed by atoms with Crippen LogP contribution in [0.5, 0.6) is 0 Å². The summed E-state index contributed by atoms with van der Waals surface area (Å²) in [7, 11) is -3.78. The summed E-state index contributed by atoms with van der Waals surface area (Å²) in [6.07, 6.45) is 0.981. The molecule has 1 N–H and O–H groups in total. The summed E-state index contributed by atoms with van der Waals surface area (Å²) in [5.74, 6) is -0.597. The maximum atomic E-state index is 12.4. The Bertz CT molecular complexity index is 1150. The van der Waals surface area contributed by atoms with Gasteiger partial charge in [0.15, 0.2) is 0 Å². The molecule has 3 rings (SSSR count). The highest BCUT2D eigenvalue weighted by Crippen LogP contribution is 2.31. The lowest BCUT2D eigenvalue weighted by Gasteiger charge is -2.22. The van der Waals surface area contributed by atoms with Gasteiger partial charge in [0.05, 0.1) is 17.0 Å². The maximum Gasteiger partial charge on any atom is 0.246 e. The zero-order valence-electron chi connectivity index (χ0n) is 14.8. The first-order valence-electron chi connectivity index (χ1n) is 7.95. The molecule has 0 saturated heterocycles. The highest BCUT2D eigenvalue weighted by Gasteiger charge is 2.24. The zero-order valence-corrected chi connectivity index (χ0v) is 18.7. The highest BCUT2D eigenvalue weighted by molar-refractivity contribution is 7.92. The van der Waals surface area contributed by atoms with E-state index >= 15 is 0 Å². The molecule has 1 amide bonds. The van der Waals surface area contributed by atoms with Gasteiger partial charge in [-0.1, -0.05) is 58.3 Å². The van der Waals surface area contributed by atoms with Gasteiger partial charge < -0.3 is 0 Å². The number of benzene rings is 2. The molecule has 0 saturated carbocycles. The van der Waals surface area contributed by atoms with Crippen LogP contribution in [0.3, 0.4) is 0 Å². The van der Waals surface area contributed by atoms with Crippen LogP contribution in [0.25, 0.3) is 10.6 Å². The van der Waals surface area contributed by atoms with Gasteiger partial charge in [0.1, 0.15) is 11.6 Å². The molecular weight excluding hydrogens is 479 g/mol. The van der Waals surface area contributed by atoms with E-state index in [4.69, 9.17) is 34.8 Å². The van der Waals surface area contributed by atoms with Gasteiger partial charge in [0.2, 0.25) is 21.1 Å². The number of carbonyl (C=O) groups is 1. The predicted octanol–water partition coefficient (Wildman–Crippen LogP) is 4.57. The van der Waals surface area contributed by atoms with Crippen molar-refractivity contribution >= 4 is 72.9 Å². The number of anilines is 2. The number of nitrogens with one attached hydrogen (secondary N) is 1. The van der Waals surface area contributed by atoms with E-state index in [1.165, 1.54) is 18.2 Å². The largest absolute Gasteiger partial charge is 0.299 e. The molecule has 0 aliphatic rings. The molecule has 1 heterocycles. The molecule has 29 heavy (non-hydrogen) atoms. The molecule has 0 radical (unpaired) electrons. The Labute approximate surface area is 186 Å². The molecular formula is C17H13Cl3N4O3S2. The van der Waals surface area contributed by atoms with Crippen molar-refractivity contribution in [2.45, 2.75) is 0 Å². The first-order valence-corrected chi connectivity index (χ1v) is 11.8. The van der Waals surface area contributed by atoms with Gasteiger partial charge in [-0.25, -0.2) is 8.42 Å². The van der Waals surface area contributed by atoms with E-state index < -0.39 is 22.5 Å². The van der Waals surface area contributed by atoms with Crippen molar-refractivity contribution in [1.82, 2.24) is 10.2 Å². The van der Waals surface area contributed by atoms with Gasteiger partial charge in [-0.2, -0.15) is 0 Å². The summed E-state index contributed by atoms with van der Waals surface area (Å²) in [6, 6.07) is 11.3. The highest BCUT2D eigenvalue weighted by atomic mass is 35.5. The number of sulfonamides is 1. The summed E-state index contributed by atoms with van der Waals surface area (Å²) >= 11 is 19.0. The third kappa shape index (κ3) is 5.58. The van der Waals surface area contributed by atoms with Crippen molar-refractivity contribution in [3.8, 4) is 10.6 Å². The second-order valence-electron chi connectivity index (χ2n) is 5.83. The molecule has 0 atom stereocenters. The molecule has 0 unspecified atom stereocenters. The Morgan fingerprint density at radius 2 is 1.72 bits per heavy atom. The van der Waals surface area contributed by atoms with Crippen LogP contribution in [0.15, 0.2) is 42.5 Å². The van der Waals surface area contributed by atoms with Crippen LogP contribution < -0.4 is 9.62 Å². The molecule has 152 valence electrons. The van der Waals surface area contributed by atoms with E-state index in [1.54, 1.807) is 24.3 Å². The molecule has 12 heteroatoms. The van der Waals surface area contributed by atoms with Crippen molar-refractivity contribution in [1.29, 1.82) is 0 Å². The normalized spacial score (nSPS) is 11.3. The van der Waals surface area contributed by atoms with Crippen LogP contribution in [-0.4, -0.2) is 37.3 Å². The molecule has 0 fully saturated rings. The van der Waals surface area contributed by atoms with Gasteiger partial charge in [0.25, 0.3) is 0 Å². The molecule has 0 spiro atoms. The van der Waals surface area contributed by atoms with Crippen LogP contribution >= 0.6 is 46.1 Å². The SMILES string of the molecule is CS(=O)(=O)N(CC(=O)Nc1nnc(-c2ccc(Cl)cc2)s1)c1ccc(Cl)cc1Cl. The molecule has 7 nitrogen and oxygen atoms in total. The molecule has 2 aromatic carbocycles. The van der Waals surface area contributed by atoms with Crippen molar-refractivity contribution in [3.05, 3.63) is 57.5 Å². The minimum absolute atomic E-state index is 0.108. The number of halogens is 3. The monoisotopic (exact) mass is 490 g/mol. The first-order chi connectivity index (χ1) is 13.6. The maximum absolute atomic E-state index is 12.4. The Balaban J connectivity index is 1.77. The third-order valence-electron chi connectivity index (χ3n) is 3.63. The van der Waals surface area contributed by atoms with Crippen molar-refractivity contribution in [3.63, 3.8) is 0 Å². The topological polar surface area (TPSA) is 92.3 Å². The van der Waals surface area contributed by atoms with E-state index in [2.05, 4.69) is 15.5 Å². The number of rotatable bonds is 6. The summed E-state index contributed by atoms with van der Waals surface area (Å²) in [5, 5.41) is 12.4. The quantitative estimate of drug-likeness (QED) is 0.545. The van der Waals surface area contributed by atoms with Gasteiger partial charge in [-0.05, 0) is 30.3 Å².